The van der Waals surface area contributed by atoms with Gasteiger partial charge in [0.25, 0.3) is 5.91 Å². The van der Waals surface area contributed by atoms with Gasteiger partial charge in [-0.05, 0) is 25.1 Å². The van der Waals surface area contributed by atoms with Crippen LogP contribution in [0.15, 0.2) is 18.3 Å². The normalized spacial score (nSPS) is 16.8. The molecule has 0 unspecified atom stereocenters. The minimum Gasteiger partial charge on any atom is -0.383 e. The van der Waals surface area contributed by atoms with Crippen molar-refractivity contribution in [1.82, 2.24) is 14.8 Å². The Morgan fingerprint density at radius 2 is 2.11 bits per heavy atom. The summed E-state index contributed by atoms with van der Waals surface area (Å²) in [5, 5.41) is 0. The molecule has 98 valence electrons. The van der Waals surface area contributed by atoms with Gasteiger partial charge < -0.3 is 10.6 Å². The van der Waals surface area contributed by atoms with Gasteiger partial charge in [0, 0.05) is 32.4 Å². The molecule has 0 bridgehead atoms. The number of piperazine rings is 1. The minimum absolute atomic E-state index is 0.00301. The van der Waals surface area contributed by atoms with Crippen LogP contribution in [0.1, 0.15) is 23.7 Å². The van der Waals surface area contributed by atoms with E-state index in [1.54, 1.807) is 18.3 Å². The first-order chi connectivity index (χ1) is 8.72. The second kappa shape index (κ2) is 5.82. The van der Waals surface area contributed by atoms with E-state index in [4.69, 9.17) is 5.73 Å². The Balaban J connectivity index is 1.98. The number of rotatable bonds is 3. The number of carbonyl (C=O) groups is 1. The molecule has 5 nitrogen and oxygen atoms in total. The molecule has 5 heteroatoms. The van der Waals surface area contributed by atoms with Crippen LogP contribution in [0, 0.1) is 0 Å². The molecule has 0 spiro atoms. The minimum atomic E-state index is -0.00301. The van der Waals surface area contributed by atoms with Gasteiger partial charge in [0.2, 0.25) is 0 Å². The van der Waals surface area contributed by atoms with Gasteiger partial charge in [0.15, 0.2) is 0 Å². The summed E-state index contributed by atoms with van der Waals surface area (Å²) in [6.07, 6.45) is 2.76. The SMILES string of the molecule is CCCN1CCN(C(=O)c2cccnc2N)CC1. The predicted octanol–water partition coefficient (Wildman–Crippen LogP) is 0.832. The molecule has 1 saturated heterocycles. The van der Waals surface area contributed by atoms with Crippen LogP contribution >= 0.6 is 0 Å². The van der Waals surface area contributed by atoms with E-state index in [0.717, 1.165) is 39.1 Å². The van der Waals surface area contributed by atoms with Gasteiger partial charge in [-0.15, -0.1) is 0 Å². The van der Waals surface area contributed by atoms with Crippen LogP contribution in [-0.4, -0.2) is 53.4 Å². The predicted molar refractivity (Wildman–Crippen MR) is 71.3 cm³/mol. The number of nitrogen functional groups attached to an aromatic ring is 1. The van der Waals surface area contributed by atoms with Crippen molar-refractivity contribution in [2.45, 2.75) is 13.3 Å². The van der Waals surface area contributed by atoms with Gasteiger partial charge in [-0.1, -0.05) is 6.92 Å². The quantitative estimate of drug-likeness (QED) is 0.860. The van der Waals surface area contributed by atoms with Crippen LogP contribution in [0.4, 0.5) is 5.82 Å². The summed E-state index contributed by atoms with van der Waals surface area (Å²) < 4.78 is 0. The van der Waals surface area contributed by atoms with Crippen molar-refractivity contribution in [3.8, 4) is 0 Å². The second-order valence-corrected chi connectivity index (χ2v) is 4.57. The first-order valence-electron chi connectivity index (χ1n) is 6.44. The van der Waals surface area contributed by atoms with Gasteiger partial charge in [-0.25, -0.2) is 4.98 Å². The molecule has 1 amide bonds. The second-order valence-electron chi connectivity index (χ2n) is 4.57. The number of anilines is 1. The maximum Gasteiger partial charge on any atom is 0.257 e. The third-order valence-electron chi connectivity index (χ3n) is 3.27. The van der Waals surface area contributed by atoms with E-state index in [0.29, 0.717) is 11.4 Å². The van der Waals surface area contributed by atoms with E-state index in [1.807, 2.05) is 4.90 Å². The zero-order chi connectivity index (χ0) is 13.0. The molecule has 0 radical (unpaired) electrons. The molecular formula is C13H20N4O. The van der Waals surface area contributed by atoms with Crippen molar-refractivity contribution in [2.24, 2.45) is 0 Å². The molecule has 18 heavy (non-hydrogen) atoms. The number of aromatic nitrogens is 1. The number of hydrogen-bond donors (Lipinski definition) is 1. The first-order valence-corrected chi connectivity index (χ1v) is 6.44. The number of carbonyl (C=O) groups excluding carboxylic acids is 1. The lowest BCUT2D eigenvalue weighted by Crippen LogP contribution is -2.48. The highest BCUT2D eigenvalue weighted by Crippen LogP contribution is 2.12. The van der Waals surface area contributed by atoms with Crippen molar-refractivity contribution < 1.29 is 4.79 Å². The highest BCUT2D eigenvalue weighted by Gasteiger charge is 2.22. The molecule has 1 aromatic rings. The largest absolute Gasteiger partial charge is 0.383 e. The molecule has 0 atom stereocenters. The Hall–Kier alpha value is -1.62. The third-order valence-corrected chi connectivity index (χ3v) is 3.27. The molecular weight excluding hydrogens is 228 g/mol. The van der Waals surface area contributed by atoms with Gasteiger partial charge in [-0.2, -0.15) is 0 Å². The molecule has 1 aromatic heterocycles. The molecule has 0 aliphatic carbocycles. The van der Waals surface area contributed by atoms with Crippen molar-refractivity contribution in [3.05, 3.63) is 23.9 Å². The molecule has 0 aromatic carbocycles. The van der Waals surface area contributed by atoms with Gasteiger partial charge in [-0.3, -0.25) is 9.69 Å². The zero-order valence-corrected chi connectivity index (χ0v) is 10.8. The van der Waals surface area contributed by atoms with E-state index in [1.165, 1.54) is 0 Å². The standard InChI is InChI=1S/C13H20N4O/c1-2-6-16-7-9-17(10-8-16)13(18)11-4-3-5-15-12(11)14/h3-5H,2,6-10H2,1H3,(H2,14,15). The zero-order valence-electron chi connectivity index (χ0n) is 10.8. The summed E-state index contributed by atoms with van der Waals surface area (Å²) in [5.74, 6) is 0.315. The molecule has 2 N–H and O–H groups in total. The fourth-order valence-corrected chi connectivity index (χ4v) is 2.26. The fraction of sp³-hybridized carbons (Fsp3) is 0.538. The van der Waals surface area contributed by atoms with Gasteiger partial charge in [0.05, 0.1) is 5.56 Å². The van der Waals surface area contributed by atoms with Gasteiger partial charge in [0.1, 0.15) is 5.82 Å². The summed E-state index contributed by atoms with van der Waals surface area (Å²) in [6.45, 7) is 6.71. The maximum absolute atomic E-state index is 12.3. The van der Waals surface area contributed by atoms with E-state index >= 15 is 0 Å². The molecule has 1 fully saturated rings. The third kappa shape index (κ3) is 2.79. The number of hydrogen-bond acceptors (Lipinski definition) is 4. The molecule has 1 aliphatic heterocycles. The Morgan fingerprint density at radius 1 is 1.39 bits per heavy atom. The lowest BCUT2D eigenvalue weighted by molar-refractivity contribution is 0.0638. The average Bonchev–Trinajstić information content (AvgIpc) is 2.40. The van der Waals surface area contributed by atoms with Gasteiger partial charge >= 0.3 is 0 Å². The summed E-state index contributed by atoms with van der Waals surface area (Å²) in [4.78, 5) is 20.5. The summed E-state index contributed by atoms with van der Waals surface area (Å²) in [7, 11) is 0. The van der Waals surface area contributed by atoms with Crippen molar-refractivity contribution in [2.75, 3.05) is 38.5 Å². The van der Waals surface area contributed by atoms with Crippen LogP contribution in [0.5, 0.6) is 0 Å². The lowest BCUT2D eigenvalue weighted by Gasteiger charge is -2.34. The molecule has 1 aliphatic rings. The topological polar surface area (TPSA) is 62.5 Å². The van der Waals surface area contributed by atoms with Crippen molar-refractivity contribution in [1.29, 1.82) is 0 Å². The summed E-state index contributed by atoms with van der Waals surface area (Å²) in [5.41, 5.74) is 6.25. The number of pyridine rings is 1. The van der Waals surface area contributed by atoms with Crippen LogP contribution in [0.25, 0.3) is 0 Å². The molecule has 2 rings (SSSR count). The molecule has 2 heterocycles. The monoisotopic (exact) mass is 248 g/mol. The Kier molecular flexibility index (Phi) is 4.15. The fourth-order valence-electron chi connectivity index (χ4n) is 2.26. The van der Waals surface area contributed by atoms with Crippen LogP contribution in [0.3, 0.4) is 0 Å². The van der Waals surface area contributed by atoms with E-state index < -0.39 is 0 Å². The highest BCUT2D eigenvalue weighted by atomic mass is 16.2. The number of amides is 1. The van der Waals surface area contributed by atoms with Crippen molar-refractivity contribution in [3.63, 3.8) is 0 Å². The van der Waals surface area contributed by atoms with E-state index in [-0.39, 0.29) is 5.91 Å². The Bertz CT molecular complexity index is 413. The number of nitrogens with zero attached hydrogens (tertiary/aromatic N) is 3. The Morgan fingerprint density at radius 3 is 2.72 bits per heavy atom. The van der Waals surface area contributed by atoms with E-state index in [9.17, 15) is 4.79 Å². The molecule has 0 saturated carbocycles. The lowest BCUT2D eigenvalue weighted by atomic mass is 10.2. The van der Waals surface area contributed by atoms with Crippen molar-refractivity contribution >= 4 is 11.7 Å². The highest BCUT2D eigenvalue weighted by molar-refractivity contribution is 5.98. The Labute approximate surface area is 108 Å². The van der Waals surface area contributed by atoms with Crippen LogP contribution in [-0.2, 0) is 0 Å². The average molecular weight is 248 g/mol. The number of nitrogens with two attached hydrogens (primary N) is 1. The smallest absolute Gasteiger partial charge is 0.257 e. The summed E-state index contributed by atoms with van der Waals surface area (Å²) in [6, 6.07) is 3.49. The maximum atomic E-state index is 12.3. The van der Waals surface area contributed by atoms with Crippen LogP contribution in [0.2, 0.25) is 0 Å². The first kappa shape index (κ1) is 12.8. The van der Waals surface area contributed by atoms with E-state index in [2.05, 4.69) is 16.8 Å². The van der Waals surface area contributed by atoms with Crippen LogP contribution < -0.4 is 5.73 Å². The summed E-state index contributed by atoms with van der Waals surface area (Å²) >= 11 is 0.